The number of aliphatic hydroxyl groups is 1. The van der Waals surface area contributed by atoms with Gasteiger partial charge in [0, 0.05) is 19.1 Å². The first kappa shape index (κ1) is 13.2. The lowest BCUT2D eigenvalue weighted by atomic mass is 9.93. The number of fused-ring (bicyclic) bond motifs is 1. The average molecular weight is 275 g/mol. The number of nitrogens with one attached hydrogen (secondary N) is 3. The minimum atomic E-state index is -0.196. The van der Waals surface area contributed by atoms with Gasteiger partial charge in [0.1, 0.15) is 0 Å². The number of amides is 1. The number of anilines is 2. The van der Waals surface area contributed by atoms with Gasteiger partial charge in [-0.05, 0) is 37.8 Å². The van der Waals surface area contributed by atoms with E-state index in [9.17, 15) is 9.90 Å². The summed E-state index contributed by atoms with van der Waals surface area (Å²) >= 11 is 0. The van der Waals surface area contributed by atoms with Crippen LogP contribution < -0.4 is 16.0 Å². The summed E-state index contributed by atoms with van der Waals surface area (Å²) in [6.45, 7) is 1.70. The molecule has 0 aromatic heterocycles. The Kier molecular flexibility index (Phi) is 3.78. The van der Waals surface area contributed by atoms with Gasteiger partial charge in [0.2, 0.25) is 0 Å². The van der Waals surface area contributed by atoms with E-state index in [1.807, 2.05) is 18.2 Å². The molecule has 1 amide bonds. The van der Waals surface area contributed by atoms with Crippen molar-refractivity contribution in [1.82, 2.24) is 5.32 Å². The fourth-order valence-corrected chi connectivity index (χ4v) is 2.95. The van der Waals surface area contributed by atoms with E-state index < -0.39 is 0 Å². The Morgan fingerprint density at radius 3 is 2.70 bits per heavy atom. The molecule has 1 saturated carbocycles. The van der Waals surface area contributed by atoms with Crippen molar-refractivity contribution in [3.8, 4) is 0 Å². The highest BCUT2D eigenvalue weighted by Gasteiger charge is 2.23. The number of rotatable bonds is 2. The zero-order chi connectivity index (χ0) is 13.9. The number of para-hydroxylation sites is 1. The van der Waals surface area contributed by atoms with Gasteiger partial charge in [-0.1, -0.05) is 6.07 Å². The summed E-state index contributed by atoms with van der Waals surface area (Å²) in [5, 5.41) is 19.2. The van der Waals surface area contributed by atoms with Crippen molar-refractivity contribution in [1.29, 1.82) is 0 Å². The molecule has 0 bridgehead atoms. The lowest BCUT2D eigenvalue weighted by Gasteiger charge is -2.27. The number of aliphatic hydroxyl groups excluding tert-OH is 1. The Morgan fingerprint density at radius 2 is 1.90 bits per heavy atom. The van der Waals surface area contributed by atoms with E-state index in [0.717, 1.165) is 50.1 Å². The zero-order valence-electron chi connectivity index (χ0n) is 11.5. The molecule has 1 aromatic carbocycles. The normalized spacial score (nSPS) is 25.1. The first-order valence-electron chi connectivity index (χ1n) is 7.34. The van der Waals surface area contributed by atoms with Gasteiger partial charge in [0.15, 0.2) is 0 Å². The predicted octanol–water partition coefficient (Wildman–Crippen LogP) is 1.56. The van der Waals surface area contributed by atoms with Gasteiger partial charge >= 0.3 is 0 Å². The van der Waals surface area contributed by atoms with Crippen LogP contribution in [0.4, 0.5) is 11.4 Å². The van der Waals surface area contributed by atoms with E-state index in [1.54, 1.807) is 0 Å². The van der Waals surface area contributed by atoms with Crippen molar-refractivity contribution in [2.24, 2.45) is 0 Å². The molecular formula is C15H21N3O2. The van der Waals surface area contributed by atoms with Crippen molar-refractivity contribution in [3.63, 3.8) is 0 Å². The molecule has 1 fully saturated rings. The second kappa shape index (κ2) is 5.71. The summed E-state index contributed by atoms with van der Waals surface area (Å²) in [6, 6.07) is 5.91. The summed E-state index contributed by atoms with van der Waals surface area (Å²) in [5.74, 6) is -0.0283. The van der Waals surface area contributed by atoms with Gasteiger partial charge in [-0.25, -0.2) is 0 Å². The Labute approximate surface area is 118 Å². The minimum absolute atomic E-state index is 0.0283. The minimum Gasteiger partial charge on any atom is -0.393 e. The molecule has 1 aliphatic carbocycles. The fourth-order valence-electron chi connectivity index (χ4n) is 2.95. The molecule has 1 heterocycles. The first-order chi connectivity index (χ1) is 9.74. The van der Waals surface area contributed by atoms with Gasteiger partial charge in [-0.3, -0.25) is 4.79 Å². The topological polar surface area (TPSA) is 73.4 Å². The van der Waals surface area contributed by atoms with E-state index in [0.29, 0.717) is 5.56 Å². The van der Waals surface area contributed by atoms with Gasteiger partial charge in [0.25, 0.3) is 5.91 Å². The molecule has 2 aliphatic rings. The number of carbonyl (C=O) groups is 1. The van der Waals surface area contributed by atoms with Crippen LogP contribution in [-0.2, 0) is 0 Å². The van der Waals surface area contributed by atoms with Crippen LogP contribution in [0.5, 0.6) is 0 Å². The third kappa shape index (κ3) is 2.72. The molecule has 0 spiro atoms. The van der Waals surface area contributed by atoms with Gasteiger partial charge in [-0.2, -0.15) is 0 Å². The molecule has 5 heteroatoms. The second-order valence-corrected chi connectivity index (χ2v) is 5.56. The highest BCUT2D eigenvalue weighted by molar-refractivity contribution is 6.02. The van der Waals surface area contributed by atoms with Crippen molar-refractivity contribution in [2.75, 3.05) is 23.7 Å². The largest absolute Gasteiger partial charge is 0.393 e. The maximum atomic E-state index is 12.4. The lowest BCUT2D eigenvalue weighted by Crippen LogP contribution is -2.39. The quantitative estimate of drug-likeness (QED) is 0.661. The molecule has 0 radical (unpaired) electrons. The van der Waals surface area contributed by atoms with Crippen LogP contribution in [0.2, 0.25) is 0 Å². The Hall–Kier alpha value is -1.75. The first-order valence-corrected chi connectivity index (χ1v) is 7.34. The van der Waals surface area contributed by atoms with E-state index in [-0.39, 0.29) is 18.1 Å². The second-order valence-electron chi connectivity index (χ2n) is 5.56. The van der Waals surface area contributed by atoms with Crippen LogP contribution in [-0.4, -0.2) is 36.2 Å². The highest BCUT2D eigenvalue weighted by Crippen LogP contribution is 2.28. The van der Waals surface area contributed by atoms with Crippen molar-refractivity contribution < 1.29 is 9.90 Å². The van der Waals surface area contributed by atoms with E-state index in [4.69, 9.17) is 0 Å². The SMILES string of the molecule is O=C(NC1CCC(O)CC1)c1cccc2c1NCCN2. The van der Waals surface area contributed by atoms with Crippen molar-refractivity contribution >= 4 is 17.3 Å². The monoisotopic (exact) mass is 275 g/mol. The molecule has 5 nitrogen and oxygen atoms in total. The number of hydrogen-bond acceptors (Lipinski definition) is 4. The molecule has 4 N–H and O–H groups in total. The summed E-state index contributed by atoms with van der Waals surface area (Å²) < 4.78 is 0. The van der Waals surface area contributed by atoms with E-state index in [1.165, 1.54) is 0 Å². The predicted molar refractivity (Wildman–Crippen MR) is 79.2 cm³/mol. The maximum Gasteiger partial charge on any atom is 0.253 e. The Bertz CT molecular complexity index is 496. The maximum absolute atomic E-state index is 12.4. The van der Waals surface area contributed by atoms with Crippen LogP contribution >= 0.6 is 0 Å². The van der Waals surface area contributed by atoms with Crippen LogP contribution in [0.3, 0.4) is 0 Å². The summed E-state index contributed by atoms with van der Waals surface area (Å²) in [7, 11) is 0. The van der Waals surface area contributed by atoms with Crippen LogP contribution in [0.25, 0.3) is 0 Å². The van der Waals surface area contributed by atoms with Gasteiger partial charge in [-0.15, -0.1) is 0 Å². The lowest BCUT2D eigenvalue weighted by molar-refractivity contribution is 0.0868. The molecule has 0 atom stereocenters. The highest BCUT2D eigenvalue weighted by atomic mass is 16.3. The third-order valence-corrected chi connectivity index (χ3v) is 4.08. The molecule has 20 heavy (non-hydrogen) atoms. The standard InChI is InChI=1S/C15H21N3O2/c19-11-6-4-10(5-7-11)18-15(20)12-2-1-3-13-14(12)17-9-8-16-13/h1-3,10-11,16-17,19H,4-9H2,(H,18,20). The van der Waals surface area contributed by atoms with Crippen molar-refractivity contribution in [2.45, 2.75) is 37.8 Å². The van der Waals surface area contributed by atoms with Gasteiger partial charge < -0.3 is 21.1 Å². The van der Waals surface area contributed by atoms with Gasteiger partial charge in [0.05, 0.1) is 23.0 Å². The number of benzene rings is 1. The molecule has 0 unspecified atom stereocenters. The molecule has 108 valence electrons. The summed E-state index contributed by atoms with van der Waals surface area (Å²) in [5.41, 5.74) is 2.58. The number of carbonyl (C=O) groups excluding carboxylic acids is 1. The van der Waals surface area contributed by atoms with Crippen LogP contribution in [0.15, 0.2) is 18.2 Å². The van der Waals surface area contributed by atoms with E-state index in [2.05, 4.69) is 16.0 Å². The van der Waals surface area contributed by atoms with Crippen LogP contribution in [0.1, 0.15) is 36.0 Å². The van der Waals surface area contributed by atoms with Crippen LogP contribution in [0, 0.1) is 0 Å². The summed E-state index contributed by atoms with van der Waals surface area (Å²) in [4.78, 5) is 12.4. The number of hydrogen-bond donors (Lipinski definition) is 4. The fraction of sp³-hybridized carbons (Fsp3) is 0.533. The molecule has 1 aliphatic heterocycles. The summed E-state index contributed by atoms with van der Waals surface area (Å²) in [6.07, 6.45) is 3.06. The Morgan fingerprint density at radius 1 is 1.15 bits per heavy atom. The molecule has 1 aromatic rings. The molecule has 3 rings (SSSR count). The zero-order valence-corrected chi connectivity index (χ0v) is 11.5. The average Bonchev–Trinajstić information content (AvgIpc) is 2.49. The van der Waals surface area contributed by atoms with E-state index >= 15 is 0 Å². The smallest absolute Gasteiger partial charge is 0.253 e. The molecule has 0 saturated heterocycles. The van der Waals surface area contributed by atoms with Crippen molar-refractivity contribution in [3.05, 3.63) is 23.8 Å². The Balaban J connectivity index is 1.71. The third-order valence-electron chi connectivity index (χ3n) is 4.08. The molecular weight excluding hydrogens is 254 g/mol.